The van der Waals surface area contributed by atoms with Gasteiger partial charge < -0.3 is 9.47 Å². The van der Waals surface area contributed by atoms with Gasteiger partial charge in [0, 0.05) is 28.7 Å². The number of nitrogens with zero attached hydrogens (tertiary/aromatic N) is 1. The summed E-state index contributed by atoms with van der Waals surface area (Å²) in [6, 6.07) is 6.40. The molecule has 1 aliphatic rings. The molecule has 0 unspecified atom stereocenters. The summed E-state index contributed by atoms with van der Waals surface area (Å²) in [7, 11) is 1.51. The van der Waals surface area contributed by atoms with E-state index in [-0.39, 0.29) is 36.9 Å². The zero-order chi connectivity index (χ0) is 20.1. The van der Waals surface area contributed by atoms with Crippen LogP contribution in [-0.2, 0) is 14.3 Å². The third-order valence-corrected chi connectivity index (χ3v) is 4.98. The van der Waals surface area contributed by atoms with Crippen molar-refractivity contribution in [2.24, 2.45) is 17.8 Å². The summed E-state index contributed by atoms with van der Waals surface area (Å²) in [5, 5.41) is 10.8. The minimum Gasteiger partial charge on any atom is -0.497 e. The minimum atomic E-state index is -1.02. The average molecular weight is 377 g/mol. The van der Waals surface area contributed by atoms with Crippen LogP contribution in [0.3, 0.4) is 0 Å². The molecule has 1 aromatic carbocycles. The first-order chi connectivity index (χ1) is 12.7. The highest BCUT2D eigenvalue weighted by atomic mass is 16.6. The Kier molecular flexibility index (Phi) is 6.65. The van der Waals surface area contributed by atoms with E-state index in [1.54, 1.807) is 31.2 Å². The summed E-state index contributed by atoms with van der Waals surface area (Å²) < 4.78 is 10.2. The third kappa shape index (κ3) is 5.12. The molecule has 1 aliphatic carbocycles. The normalized spacial score (nSPS) is 22.9. The first-order valence-electron chi connectivity index (χ1n) is 8.75. The molecule has 0 radical (unpaired) electrons. The summed E-state index contributed by atoms with van der Waals surface area (Å²) in [5.74, 6) is -2.03. The van der Waals surface area contributed by atoms with Gasteiger partial charge >= 0.3 is 5.97 Å². The highest BCUT2D eigenvalue weighted by molar-refractivity contribution is 6.00. The first-order valence-corrected chi connectivity index (χ1v) is 8.75. The van der Waals surface area contributed by atoms with E-state index in [1.165, 1.54) is 14.0 Å². The van der Waals surface area contributed by atoms with Gasteiger partial charge in [0.1, 0.15) is 11.5 Å². The van der Waals surface area contributed by atoms with Crippen LogP contribution in [0.2, 0.25) is 0 Å². The highest BCUT2D eigenvalue weighted by Crippen LogP contribution is 2.36. The number of ether oxygens (including phenoxy) is 2. The number of carbonyl (C=O) groups excluding carboxylic acids is 3. The van der Waals surface area contributed by atoms with Gasteiger partial charge in [-0.2, -0.15) is 0 Å². The molecule has 8 nitrogen and oxygen atoms in total. The maximum atomic E-state index is 12.4. The lowest BCUT2D eigenvalue weighted by atomic mass is 9.88. The number of hydrogen-bond donors (Lipinski definition) is 0. The van der Waals surface area contributed by atoms with Crippen molar-refractivity contribution < 1.29 is 28.8 Å². The van der Waals surface area contributed by atoms with Crippen LogP contribution in [0.5, 0.6) is 5.75 Å². The van der Waals surface area contributed by atoms with Crippen LogP contribution in [-0.4, -0.2) is 42.2 Å². The molecule has 0 spiro atoms. The Morgan fingerprint density at radius 1 is 1.30 bits per heavy atom. The monoisotopic (exact) mass is 377 g/mol. The predicted molar refractivity (Wildman–Crippen MR) is 95.1 cm³/mol. The summed E-state index contributed by atoms with van der Waals surface area (Å²) >= 11 is 0. The van der Waals surface area contributed by atoms with E-state index in [1.807, 2.05) is 0 Å². The van der Waals surface area contributed by atoms with Crippen molar-refractivity contribution >= 4 is 17.5 Å². The molecule has 0 N–H and O–H groups in total. The highest BCUT2D eigenvalue weighted by Gasteiger charge is 2.44. The molecule has 0 aliphatic heterocycles. The number of rotatable bonds is 8. The Bertz CT molecular complexity index is 728. The Morgan fingerprint density at radius 3 is 2.48 bits per heavy atom. The summed E-state index contributed by atoms with van der Waals surface area (Å²) in [6.45, 7) is 2.87. The zero-order valence-corrected chi connectivity index (χ0v) is 15.5. The number of Topliss-reactive ketones (excluding diaryl/α,β-unsaturated/α-hetero) is 2. The smallest absolute Gasteiger partial charge is 0.307 e. The van der Waals surface area contributed by atoms with Gasteiger partial charge in [-0.15, -0.1) is 0 Å². The summed E-state index contributed by atoms with van der Waals surface area (Å²) in [6.07, 6.45) is -1.05. The molecule has 1 aromatic rings. The van der Waals surface area contributed by atoms with Gasteiger partial charge in [-0.25, -0.2) is 0 Å². The van der Waals surface area contributed by atoms with Crippen LogP contribution in [0.1, 0.15) is 37.0 Å². The predicted octanol–water partition coefficient (Wildman–Crippen LogP) is 2.32. The Morgan fingerprint density at radius 2 is 1.93 bits per heavy atom. The molecule has 1 saturated carbocycles. The number of carbonyl (C=O) groups is 3. The second-order valence-corrected chi connectivity index (χ2v) is 6.86. The van der Waals surface area contributed by atoms with Crippen molar-refractivity contribution in [3.63, 3.8) is 0 Å². The largest absolute Gasteiger partial charge is 0.497 e. The van der Waals surface area contributed by atoms with Crippen molar-refractivity contribution in [3.8, 4) is 5.75 Å². The molecule has 0 amide bonds. The topological polar surface area (TPSA) is 113 Å². The van der Waals surface area contributed by atoms with Gasteiger partial charge in [-0.1, -0.05) is 6.92 Å². The van der Waals surface area contributed by atoms with Crippen LogP contribution >= 0.6 is 0 Å². The zero-order valence-electron chi connectivity index (χ0n) is 15.5. The fourth-order valence-corrected chi connectivity index (χ4v) is 3.47. The van der Waals surface area contributed by atoms with Crippen molar-refractivity contribution in [1.82, 2.24) is 0 Å². The second kappa shape index (κ2) is 8.75. The lowest BCUT2D eigenvalue weighted by Crippen LogP contribution is -2.30. The fraction of sp³-hybridized carbons (Fsp3) is 0.526. The number of esters is 1. The Balaban J connectivity index is 1.97. The van der Waals surface area contributed by atoms with E-state index >= 15 is 0 Å². The molecule has 4 atom stereocenters. The Labute approximate surface area is 157 Å². The quantitative estimate of drug-likeness (QED) is 0.296. The lowest BCUT2D eigenvalue weighted by Gasteiger charge is -2.18. The minimum absolute atomic E-state index is 0.154. The van der Waals surface area contributed by atoms with Gasteiger partial charge in [0.25, 0.3) is 0 Å². The number of methoxy groups -OCH3 is 1. The summed E-state index contributed by atoms with van der Waals surface area (Å²) in [4.78, 5) is 47.1. The molecule has 27 heavy (non-hydrogen) atoms. The van der Waals surface area contributed by atoms with Crippen LogP contribution in [0.25, 0.3) is 0 Å². The van der Waals surface area contributed by atoms with Gasteiger partial charge in [0.15, 0.2) is 6.10 Å². The number of ketones is 2. The van der Waals surface area contributed by atoms with E-state index in [0.29, 0.717) is 11.3 Å². The second-order valence-electron chi connectivity index (χ2n) is 6.86. The maximum absolute atomic E-state index is 12.4. The third-order valence-electron chi connectivity index (χ3n) is 4.98. The molecular formula is C19H23NO7. The molecule has 8 heteroatoms. The molecule has 0 heterocycles. The number of nitro groups is 1. The maximum Gasteiger partial charge on any atom is 0.307 e. The fourth-order valence-electron chi connectivity index (χ4n) is 3.47. The van der Waals surface area contributed by atoms with Crippen LogP contribution in [0, 0.1) is 27.9 Å². The van der Waals surface area contributed by atoms with Crippen molar-refractivity contribution in [2.45, 2.75) is 32.8 Å². The van der Waals surface area contributed by atoms with Gasteiger partial charge in [0.05, 0.1) is 13.5 Å². The van der Waals surface area contributed by atoms with E-state index in [9.17, 15) is 24.5 Å². The number of benzene rings is 1. The van der Waals surface area contributed by atoms with Crippen molar-refractivity contribution in [1.29, 1.82) is 0 Å². The van der Waals surface area contributed by atoms with E-state index in [0.717, 1.165) is 0 Å². The van der Waals surface area contributed by atoms with E-state index in [4.69, 9.17) is 9.47 Å². The molecule has 0 aromatic heterocycles. The molecule has 2 rings (SSSR count). The number of hydrogen-bond acceptors (Lipinski definition) is 7. The molecule has 0 bridgehead atoms. The lowest BCUT2D eigenvalue weighted by molar-refractivity contribution is -0.490. The van der Waals surface area contributed by atoms with Gasteiger partial charge in [-0.3, -0.25) is 24.5 Å². The van der Waals surface area contributed by atoms with Gasteiger partial charge in [0.2, 0.25) is 12.3 Å². The van der Waals surface area contributed by atoms with E-state index in [2.05, 4.69) is 0 Å². The van der Waals surface area contributed by atoms with Gasteiger partial charge in [-0.05, 0) is 37.1 Å². The molecule has 0 saturated heterocycles. The standard InChI is InChI=1S/C19H23NO7/c1-11-8-17(21)15(16(11)10-20(24)25)9-18(22)27-12(2)19(23)13-4-6-14(26-3)7-5-13/h4-7,11-12,15-16H,8-10H2,1-3H3/t11-,12-,15-,16+/m0/s1. The molecular weight excluding hydrogens is 354 g/mol. The van der Waals surface area contributed by atoms with E-state index < -0.39 is 28.8 Å². The SMILES string of the molecule is COc1ccc(C(=O)[C@H](C)OC(=O)C[C@@H]2C(=O)C[C@H](C)[C@H]2C[N+](=O)[O-])cc1. The van der Waals surface area contributed by atoms with Crippen LogP contribution < -0.4 is 4.74 Å². The van der Waals surface area contributed by atoms with Crippen molar-refractivity contribution in [2.75, 3.05) is 13.7 Å². The van der Waals surface area contributed by atoms with Crippen LogP contribution in [0.15, 0.2) is 24.3 Å². The summed E-state index contributed by atoms with van der Waals surface area (Å²) in [5.41, 5.74) is 0.368. The average Bonchev–Trinajstić information content (AvgIpc) is 2.87. The molecule has 146 valence electrons. The Hall–Kier alpha value is -2.77. The first kappa shape index (κ1) is 20.5. The molecule has 1 fully saturated rings. The van der Waals surface area contributed by atoms with Crippen molar-refractivity contribution in [3.05, 3.63) is 39.9 Å². The van der Waals surface area contributed by atoms with Crippen LogP contribution in [0.4, 0.5) is 0 Å².